The summed E-state index contributed by atoms with van der Waals surface area (Å²) < 4.78 is 26.9. The van der Waals surface area contributed by atoms with Gasteiger partial charge in [-0.1, -0.05) is 6.07 Å². The van der Waals surface area contributed by atoms with Crippen LogP contribution in [0.4, 0.5) is 8.78 Å². The number of carbonyl (C=O) groups is 1. The Hall–Kier alpha value is -1.16. The van der Waals surface area contributed by atoms with Crippen molar-refractivity contribution in [3.05, 3.63) is 35.4 Å². The van der Waals surface area contributed by atoms with Crippen LogP contribution in [0.15, 0.2) is 18.2 Å². The first-order valence-electron chi connectivity index (χ1n) is 5.46. The Kier molecular flexibility index (Phi) is 3.62. The van der Waals surface area contributed by atoms with Gasteiger partial charge in [0.1, 0.15) is 17.2 Å². The van der Waals surface area contributed by atoms with E-state index in [0.29, 0.717) is 12.4 Å². The van der Waals surface area contributed by atoms with E-state index in [1.54, 1.807) is 0 Å². The van der Waals surface area contributed by atoms with Crippen molar-refractivity contribution in [2.24, 2.45) is 0 Å². The SMILES string of the molecule is O=C(c1c(F)cccc1F)N1CCCC1CCl. The fourth-order valence-electron chi connectivity index (χ4n) is 2.11. The van der Waals surface area contributed by atoms with Gasteiger partial charge in [-0.2, -0.15) is 0 Å². The normalized spacial score (nSPS) is 19.7. The summed E-state index contributed by atoms with van der Waals surface area (Å²) in [6.45, 7) is 0.504. The van der Waals surface area contributed by atoms with Crippen LogP contribution >= 0.6 is 11.6 Å². The first-order chi connectivity index (χ1) is 8.15. The maximum Gasteiger partial charge on any atom is 0.260 e. The maximum atomic E-state index is 13.5. The number of alkyl halides is 1. The summed E-state index contributed by atoms with van der Waals surface area (Å²) in [4.78, 5) is 13.5. The zero-order chi connectivity index (χ0) is 12.4. The molecule has 0 aliphatic carbocycles. The summed E-state index contributed by atoms with van der Waals surface area (Å²) in [5.74, 6) is -1.96. The summed E-state index contributed by atoms with van der Waals surface area (Å²) in [6.07, 6.45) is 1.60. The predicted octanol–water partition coefficient (Wildman–Crippen LogP) is 2.81. The fraction of sp³-hybridized carbons (Fsp3) is 0.417. The van der Waals surface area contributed by atoms with Gasteiger partial charge in [0, 0.05) is 18.5 Å². The van der Waals surface area contributed by atoms with Crippen LogP contribution in [0.2, 0.25) is 0 Å². The molecule has 1 aliphatic heterocycles. The van der Waals surface area contributed by atoms with Crippen LogP contribution < -0.4 is 0 Å². The Morgan fingerprint density at radius 2 is 2.06 bits per heavy atom. The van der Waals surface area contributed by atoms with Gasteiger partial charge in [-0.3, -0.25) is 4.79 Å². The van der Waals surface area contributed by atoms with Gasteiger partial charge in [0.15, 0.2) is 0 Å². The molecule has 1 aromatic carbocycles. The van der Waals surface area contributed by atoms with Crippen molar-refractivity contribution >= 4 is 17.5 Å². The Bertz CT molecular complexity index is 418. The van der Waals surface area contributed by atoms with Crippen LogP contribution in [0.3, 0.4) is 0 Å². The van der Waals surface area contributed by atoms with Crippen molar-refractivity contribution in [1.82, 2.24) is 4.90 Å². The molecule has 92 valence electrons. The van der Waals surface area contributed by atoms with Gasteiger partial charge >= 0.3 is 0 Å². The second-order valence-corrected chi connectivity index (χ2v) is 4.35. The molecule has 0 radical (unpaired) electrons. The number of nitrogens with zero attached hydrogens (tertiary/aromatic N) is 1. The molecule has 1 aromatic rings. The molecule has 1 atom stereocenters. The van der Waals surface area contributed by atoms with E-state index in [1.165, 1.54) is 11.0 Å². The van der Waals surface area contributed by atoms with E-state index in [2.05, 4.69) is 0 Å². The molecule has 0 aromatic heterocycles. The van der Waals surface area contributed by atoms with E-state index in [1.807, 2.05) is 0 Å². The molecule has 0 spiro atoms. The lowest BCUT2D eigenvalue weighted by Crippen LogP contribution is -2.37. The molecule has 1 fully saturated rings. The number of carbonyl (C=O) groups excluding carboxylic acids is 1. The lowest BCUT2D eigenvalue weighted by molar-refractivity contribution is 0.0739. The summed E-state index contributed by atoms with van der Waals surface area (Å²) in [6, 6.07) is 3.29. The second-order valence-electron chi connectivity index (χ2n) is 4.05. The first kappa shape index (κ1) is 12.3. The topological polar surface area (TPSA) is 20.3 Å². The van der Waals surface area contributed by atoms with E-state index in [9.17, 15) is 13.6 Å². The first-order valence-corrected chi connectivity index (χ1v) is 5.99. The van der Waals surface area contributed by atoms with Crippen LogP contribution in [0.1, 0.15) is 23.2 Å². The van der Waals surface area contributed by atoms with E-state index < -0.39 is 23.1 Å². The average molecular weight is 260 g/mol. The van der Waals surface area contributed by atoms with Gasteiger partial charge in [-0.15, -0.1) is 11.6 Å². The summed E-state index contributed by atoms with van der Waals surface area (Å²) in [5.41, 5.74) is -0.482. The molecule has 5 heteroatoms. The van der Waals surface area contributed by atoms with E-state index >= 15 is 0 Å². The van der Waals surface area contributed by atoms with Gasteiger partial charge in [-0.25, -0.2) is 8.78 Å². The Morgan fingerprint density at radius 1 is 1.41 bits per heavy atom. The van der Waals surface area contributed by atoms with Crippen LogP contribution in [-0.2, 0) is 0 Å². The Labute approximate surface area is 103 Å². The van der Waals surface area contributed by atoms with Gasteiger partial charge in [0.2, 0.25) is 0 Å². The van der Waals surface area contributed by atoms with Crippen LogP contribution in [0, 0.1) is 11.6 Å². The standard InChI is InChI=1S/C12H12ClF2NO/c13-7-8-3-2-6-16(8)12(17)11-9(14)4-1-5-10(11)15/h1,4-5,8H,2-3,6-7H2. The second kappa shape index (κ2) is 5.00. The molecular weight excluding hydrogens is 248 g/mol. The third kappa shape index (κ3) is 2.27. The fourth-order valence-corrected chi connectivity index (χ4v) is 2.43. The number of rotatable bonds is 2. The van der Waals surface area contributed by atoms with Crippen molar-refractivity contribution in [3.8, 4) is 0 Å². The van der Waals surface area contributed by atoms with E-state index in [4.69, 9.17) is 11.6 Å². The van der Waals surface area contributed by atoms with Gasteiger partial charge in [0.25, 0.3) is 5.91 Å². The lowest BCUT2D eigenvalue weighted by Gasteiger charge is -2.23. The number of benzene rings is 1. The molecule has 0 saturated carbocycles. The molecule has 2 nitrogen and oxygen atoms in total. The number of halogens is 3. The molecule has 1 saturated heterocycles. The molecular formula is C12H12ClF2NO. The highest BCUT2D eigenvalue weighted by Crippen LogP contribution is 2.23. The van der Waals surface area contributed by atoms with Crippen molar-refractivity contribution < 1.29 is 13.6 Å². The molecule has 0 N–H and O–H groups in total. The average Bonchev–Trinajstić information content (AvgIpc) is 2.76. The summed E-state index contributed by atoms with van der Waals surface area (Å²) in [5, 5.41) is 0. The van der Waals surface area contributed by atoms with Crippen molar-refractivity contribution in [2.75, 3.05) is 12.4 Å². The number of hydrogen-bond acceptors (Lipinski definition) is 1. The van der Waals surface area contributed by atoms with Crippen LogP contribution in [-0.4, -0.2) is 29.3 Å². The third-order valence-electron chi connectivity index (χ3n) is 2.99. The minimum absolute atomic E-state index is 0.122. The van der Waals surface area contributed by atoms with E-state index in [0.717, 1.165) is 25.0 Å². The zero-order valence-corrected chi connectivity index (χ0v) is 9.88. The number of likely N-dealkylation sites (tertiary alicyclic amines) is 1. The third-order valence-corrected chi connectivity index (χ3v) is 3.35. The largest absolute Gasteiger partial charge is 0.334 e. The number of hydrogen-bond donors (Lipinski definition) is 0. The van der Waals surface area contributed by atoms with Crippen LogP contribution in [0.25, 0.3) is 0 Å². The molecule has 0 bridgehead atoms. The maximum absolute atomic E-state index is 13.5. The highest BCUT2D eigenvalue weighted by Gasteiger charge is 2.31. The molecule has 1 unspecified atom stereocenters. The zero-order valence-electron chi connectivity index (χ0n) is 9.13. The molecule has 17 heavy (non-hydrogen) atoms. The monoisotopic (exact) mass is 259 g/mol. The van der Waals surface area contributed by atoms with Crippen molar-refractivity contribution in [2.45, 2.75) is 18.9 Å². The molecule has 1 heterocycles. The Balaban J connectivity index is 2.31. The smallest absolute Gasteiger partial charge is 0.260 e. The predicted molar refractivity (Wildman–Crippen MR) is 61.1 cm³/mol. The van der Waals surface area contributed by atoms with E-state index in [-0.39, 0.29) is 6.04 Å². The van der Waals surface area contributed by atoms with Gasteiger partial charge < -0.3 is 4.90 Å². The molecule has 1 amide bonds. The summed E-state index contributed by atoms with van der Waals surface area (Å²) in [7, 11) is 0. The minimum atomic E-state index is -0.824. The molecule has 1 aliphatic rings. The van der Waals surface area contributed by atoms with Crippen LogP contribution in [0.5, 0.6) is 0 Å². The molecule has 2 rings (SSSR count). The lowest BCUT2D eigenvalue weighted by atomic mass is 10.1. The highest BCUT2D eigenvalue weighted by atomic mass is 35.5. The van der Waals surface area contributed by atoms with Crippen molar-refractivity contribution in [3.63, 3.8) is 0 Å². The van der Waals surface area contributed by atoms with Crippen molar-refractivity contribution in [1.29, 1.82) is 0 Å². The van der Waals surface area contributed by atoms with Gasteiger partial charge in [0.05, 0.1) is 0 Å². The van der Waals surface area contributed by atoms with Gasteiger partial charge in [-0.05, 0) is 25.0 Å². The summed E-state index contributed by atoms with van der Waals surface area (Å²) >= 11 is 5.73. The highest BCUT2D eigenvalue weighted by molar-refractivity contribution is 6.18. The Morgan fingerprint density at radius 3 is 2.65 bits per heavy atom. The number of amides is 1. The minimum Gasteiger partial charge on any atom is -0.334 e. The quantitative estimate of drug-likeness (QED) is 0.748.